The van der Waals surface area contributed by atoms with Crippen LogP contribution in [-0.4, -0.2) is 22.7 Å². The van der Waals surface area contributed by atoms with Crippen LogP contribution >= 0.6 is 23.4 Å². The predicted molar refractivity (Wildman–Crippen MR) is 68.8 cm³/mol. The van der Waals surface area contributed by atoms with Crippen LogP contribution in [0.1, 0.15) is 18.9 Å². The average Bonchev–Trinajstić information content (AvgIpc) is 2.22. The van der Waals surface area contributed by atoms with Gasteiger partial charge in [-0.05, 0) is 36.3 Å². The molecule has 0 bridgehead atoms. The second-order valence-electron chi connectivity index (χ2n) is 3.56. The highest BCUT2D eigenvalue weighted by atomic mass is 35.5. The van der Waals surface area contributed by atoms with Gasteiger partial charge in [0.1, 0.15) is 0 Å². The van der Waals surface area contributed by atoms with E-state index in [4.69, 9.17) is 11.6 Å². The molecule has 0 saturated carbocycles. The Morgan fingerprint density at radius 3 is 2.60 bits per heavy atom. The quantitative estimate of drug-likeness (QED) is 0.775. The molecule has 1 N–H and O–H groups in total. The molecule has 15 heavy (non-hydrogen) atoms. The maximum atomic E-state index is 9.74. The van der Waals surface area contributed by atoms with Gasteiger partial charge in [-0.15, -0.1) is 0 Å². The summed E-state index contributed by atoms with van der Waals surface area (Å²) in [6, 6.07) is 7.66. The largest absolute Gasteiger partial charge is 0.392 e. The summed E-state index contributed by atoms with van der Waals surface area (Å²) >= 11 is 7.59. The summed E-state index contributed by atoms with van der Waals surface area (Å²) in [4.78, 5) is 0. The molecule has 3 heteroatoms. The molecule has 0 saturated heterocycles. The van der Waals surface area contributed by atoms with Crippen LogP contribution in [0.2, 0.25) is 5.02 Å². The molecule has 84 valence electrons. The van der Waals surface area contributed by atoms with Crippen molar-refractivity contribution in [1.29, 1.82) is 0 Å². The van der Waals surface area contributed by atoms with Gasteiger partial charge in [-0.25, -0.2) is 0 Å². The Balaban J connectivity index is 2.31. The molecule has 0 aromatic heterocycles. The van der Waals surface area contributed by atoms with Crippen LogP contribution in [0.4, 0.5) is 0 Å². The van der Waals surface area contributed by atoms with Crippen LogP contribution in [0, 0.1) is 0 Å². The van der Waals surface area contributed by atoms with Crippen LogP contribution in [0.25, 0.3) is 0 Å². The third kappa shape index (κ3) is 5.45. The zero-order valence-electron chi connectivity index (χ0n) is 8.95. The molecule has 1 nitrogen and oxygen atoms in total. The first-order valence-electron chi connectivity index (χ1n) is 5.22. The molecule has 1 unspecified atom stereocenters. The molecule has 1 rings (SSSR count). The first-order valence-corrected chi connectivity index (χ1v) is 6.76. The van der Waals surface area contributed by atoms with Gasteiger partial charge in [-0.1, -0.05) is 30.7 Å². The lowest BCUT2D eigenvalue weighted by atomic mass is 10.1. The number of aliphatic hydroxyl groups excluding tert-OH is 1. The van der Waals surface area contributed by atoms with Crippen molar-refractivity contribution in [3.05, 3.63) is 34.9 Å². The lowest BCUT2D eigenvalue weighted by Crippen LogP contribution is -2.13. The SMILES string of the molecule is CCCSCC(O)Cc1ccc(Cl)cc1. The summed E-state index contributed by atoms with van der Waals surface area (Å²) in [7, 11) is 0. The van der Waals surface area contributed by atoms with E-state index in [1.54, 1.807) is 0 Å². The van der Waals surface area contributed by atoms with Crippen molar-refractivity contribution in [3.8, 4) is 0 Å². The predicted octanol–water partition coefficient (Wildman–Crippen LogP) is 3.39. The minimum atomic E-state index is -0.247. The van der Waals surface area contributed by atoms with E-state index in [0.29, 0.717) is 6.42 Å². The molecule has 0 spiro atoms. The van der Waals surface area contributed by atoms with Crippen LogP contribution in [-0.2, 0) is 6.42 Å². The Labute approximate surface area is 101 Å². The van der Waals surface area contributed by atoms with Crippen molar-refractivity contribution < 1.29 is 5.11 Å². The molecule has 0 radical (unpaired) electrons. The van der Waals surface area contributed by atoms with Gasteiger partial charge >= 0.3 is 0 Å². The fourth-order valence-electron chi connectivity index (χ4n) is 1.32. The van der Waals surface area contributed by atoms with E-state index in [0.717, 1.165) is 22.1 Å². The standard InChI is InChI=1S/C12H17ClOS/c1-2-7-15-9-12(14)8-10-3-5-11(13)6-4-10/h3-6,12,14H,2,7-9H2,1H3. The highest BCUT2D eigenvalue weighted by Crippen LogP contribution is 2.13. The first kappa shape index (κ1) is 12.9. The van der Waals surface area contributed by atoms with E-state index in [2.05, 4.69) is 6.92 Å². The van der Waals surface area contributed by atoms with Gasteiger partial charge in [0.15, 0.2) is 0 Å². The van der Waals surface area contributed by atoms with E-state index in [1.807, 2.05) is 36.0 Å². The van der Waals surface area contributed by atoms with Crippen molar-refractivity contribution in [2.45, 2.75) is 25.9 Å². The van der Waals surface area contributed by atoms with Gasteiger partial charge in [0.2, 0.25) is 0 Å². The van der Waals surface area contributed by atoms with E-state index >= 15 is 0 Å². The molecule has 1 aromatic rings. The summed E-state index contributed by atoms with van der Waals surface area (Å²) < 4.78 is 0. The number of aliphatic hydroxyl groups is 1. The van der Waals surface area contributed by atoms with Crippen molar-refractivity contribution in [1.82, 2.24) is 0 Å². The monoisotopic (exact) mass is 244 g/mol. The zero-order valence-corrected chi connectivity index (χ0v) is 10.5. The van der Waals surface area contributed by atoms with Crippen molar-refractivity contribution in [2.75, 3.05) is 11.5 Å². The number of benzene rings is 1. The van der Waals surface area contributed by atoms with Crippen LogP contribution in [0.3, 0.4) is 0 Å². The first-order chi connectivity index (χ1) is 7.22. The topological polar surface area (TPSA) is 20.2 Å². The Kier molecular flexibility index (Phi) is 6.15. The number of hydrogen-bond acceptors (Lipinski definition) is 2. The molecule has 0 fully saturated rings. The maximum absolute atomic E-state index is 9.74. The number of hydrogen-bond donors (Lipinski definition) is 1. The fraction of sp³-hybridized carbons (Fsp3) is 0.500. The minimum Gasteiger partial charge on any atom is -0.392 e. The number of rotatable bonds is 6. The molecular weight excluding hydrogens is 228 g/mol. The second kappa shape index (κ2) is 7.15. The number of halogens is 1. The summed E-state index contributed by atoms with van der Waals surface area (Å²) in [6.45, 7) is 2.15. The van der Waals surface area contributed by atoms with Gasteiger partial charge in [-0.3, -0.25) is 0 Å². The summed E-state index contributed by atoms with van der Waals surface area (Å²) in [5.74, 6) is 1.94. The van der Waals surface area contributed by atoms with Gasteiger partial charge in [0.25, 0.3) is 0 Å². The molecule has 0 amide bonds. The number of thioether (sulfide) groups is 1. The fourth-order valence-corrected chi connectivity index (χ4v) is 2.29. The smallest absolute Gasteiger partial charge is 0.0670 e. The van der Waals surface area contributed by atoms with Gasteiger partial charge in [0, 0.05) is 10.8 Å². The van der Waals surface area contributed by atoms with Crippen LogP contribution < -0.4 is 0 Å². The van der Waals surface area contributed by atoms with Gasteiger partial charge in [-0.2, -0.15) is 11.8 Å². The molecule has 1 atom stereocenters. The lowest BCUT2D eigenvalue weighted by molar-refractivity contribution is 0.200. The highest BCUT2D eigenvalue weighted by molar-refractivity contribution is 7.99. The van der Waals surface area contributed by atoms with E-state index in [-0.39, 0.29) is 6.10 Å². The van der Waals surface area contributed by atoms with Crippen LogP contribution in [0.15, 0.2) is 24.3 Å². The molecule has 0 aliphatic heterocycles. The zero-order chi connectivity index (χ0) is 11.1. The molecule has 0 heterocycles. The second-order valence-corrected chi connectivity index (χ2v) is 5.15. The average molecular weight is 245 g/mol. The van der Waals surface area contributed by atoms with E-state index in [1.165, 1.54) is 6.42 Å². The van der Waals surface area contributed by atoms with E-state index < -0.39 is 0 Å². The van der Waals surface area contributed by atoms with Gasteiger partial charge < -0.3 is 5.11 Å². The van der Waals surface area contributed by atoms with Crippen molar-refractivity contribution in [2.24, 2.45) is 0 Å². The Bertz CT molecular complexity index is 273. The van der Waals surface area contributed by atoms with Crippen molar-refractivity contribution >= 4 is 23.4 Å². The molecule has 0 aliphatic rings. The Hall–Kier alpha value is -0.180. The highest BCUT2D eigenvalue weighted by Gasteiger charge is 2.05. The van der Waals surface area contributed by atoms with E-state index in [9.17, 15) is 5.11 Å². The maximum Gasteiger partial charge on any atom is 0.0670 e. The molecule has 0 aliphatic carbocycles. The normalized spacial score (nSPS) is 12.7. The summed E-state index contributed by atoms with van der Waals surface area (Å²) in [5, 5.41) is 10.5. The molecular formula is C12H17ClOS. The summed E-state index contributed by atoms with van der Waals surface area (Å²) in [5.41, 5.74) is 1.14. The lowest BCUT2D eigenvalue weighted by Gasteiger charge is -2.09. The third-order valence-electron chi connectivity index (χ3n) is 2.04. The third-order valence-corrected chi connectivity index (χ3v) is 3.61. The Morgan fingerprint density at radius 1 is 1.33 bits per heavy atom. The minimum absolute atomic E-state index is 0.247. The van der Waals surface area contributed by atoms with Crippen LogP contribution in [0.5, 0.6) is 0 Å². The van der Waals surface area contributed by atoms with Gasteiger partial charge in [0.05, 0.1) is 6.10 Å². The molecule has 1 aromatic carbocycles. The van der Waals surface area contributed by atoms with Crippen molar-refractivity contribution in [3.63, 3.8) is 0 Å². The Morgan fingerprint density at radius 2 is 2.00 bits per heavy atom. The summed E-state index contributed by atoms with van der Waals surface area (Å²) in [6.07, 6.45) is 1.63.